The number of rotatable bonds is 5. The normalized spacial score (nSPS) is 10.7. The van der Waals surface area contributed by atoms with E-state index in [0.29, 0.717) is 30.3 Å². The van der Waals surface area contributed by atoms with Gasteiger partial charge in [-0.1, -0.05) is 42.0 Å². The molecule has 0 radical (unpaired) electrons. The van der Waals surface area contributed by atoms with Gasteiger partial charge in [0.2, 0.25) is 5.89 Å². The van der Waals surface area contributed by atoms with Crippen LogP contribution in [0.2, 0.25) is 0 Å². The van der Waals surface area contributed by atoms with Crippen LogP contribution in [0.25, 0.3) is 22.8 Å². The van der Waals surface area contributed by atoms with Crippen molar-refractivity contribution >= 4 is 5.91 Å². The molecule has 0 saturated heterocycles. The molecule has 0 saturated carbocycles. The Hall–Kier alpha value is -2.88. The fraction of sp³-hybridized carbons (Fsp3) is 0.238. The van der Waals surface area contributed by atoms with Crippen LogP contribution in [-0.4, -0.2) is 28.9 Å². The number of hydrogen-bond donors (Lipinski definition) is 0. The van der Waals surface area contributed by atoms with Gasteiger partial charge in [-0.15, -0.1) is 0 Å². The van der Waals surface area contributed by atoms with Gasteiger partial charge in [-0.3, -0.25) is 4.79 Å². The predicted octanol–water partition coefficient (Wildman–Crippen LogP) is 4.80. The van der Waals surface area contributed by atoms with Crippen molar-refractivity contribution in [3.63, 3.8) is 0 Å². The van der Waals surface area contributed by atoms with Crippen molar-refractivity contribution in [3.05, 3.63) is 65.9 Å². The van der Waals surface area contributed by atoms with Crippen molar-refractivity contribution in [2.75, 3.05) is 13.1 Å². The van der Waals surface area contributed by atoms with Gasteiger partial charge in [-0.05, 0) is 32.9 Å². The molecule has 1 aromatic heterocycles. The van der Waals surface area contributed by atoms with Crippen LogP contribution in [0.3, 0.4) is 0 Å². The third-order valence-electron chi connectivity index (χ3n) is 4.28. The molecule has 0 bridgehead atoms. The number of carbonyl (C=O) groups excluding carboxylic acids is 1. The van der Waals surface area contributed by atoms with E-state index in [4.69, 9.17) is 4.42 Å². The molecule has 0 aliphatic carbocycles. The maximum atomic E-state index is 12.8. The van der Waals surface area contributed by atoms with Crippen LogP contribution in [0.4, 0.5) is 0 Å². The monoisotopic (exact) mass is 334 g/mol. The van der Waals surface area contributed by atoms with E-state index in [1.165, 1.54) is 5.56 Å². The molecule has 0 spiro atoms. The number of amides is 1. The fourth-order valence-corrected chi connectivity index (χ4v) is 2.79. The molecular weight excluding hydrogens is 312 g/mol. The van der Waals surface area contributed by atoms with Crippen molar-refractivity contribution in [3.8, 4) is 22.8 Å². The standard InChI is InChI=1S/C21H22N2O2/c1-4-23(5-2)21(24)18-9-7-6-8-17(18)20-22-14-19(25-20)16-12-10-15(3)11-13-16/h6-14H,4-5H2,1-3H3. The van der Waals surface area contributed by atoms with Crippen LogP contribution >= 0.6 is 0 Å². The van der Waals surface area contributed by atoms with Gasteiger partial charge in [-0.25, -0.2) is 4.98 Å². The molecule has 2 aromatic carbocycles. The largest absolute Gasteiger partial charge is 0.436 e. The summed E-state index contributed by atoms with van der Waals surface area (Å²) in [7, 11) is 0. The summed E-state index contributed by atoms with van der Waals surface area (Å²) in [6, 6.07) is 15.5. The van der Waals surface area contributed by atoms with Crippen LogP contribution in [0, 0.1) is 6.92 Å². The molecule has 128 valence electrons. The first-order valence-corrected chi connectivity index (χ1v) is 8.55. The van der Waals surface area contributed by atoms with E-state index < -0.39 is 0 Å². The summed E-state index contributed by atoms with van der Waals surface area (Å²) in [5.74, 6) is 1.16. The van der Waals surface area contributed by atoms with Crippen molar-refractivity contribution in [2.45, 2.75) is 20.8 Å². The summed E-state index contributed by atoms with van der Waals surface area (Å²) in [6.07, 6.45) is 1.71. The molecule has 0 aliphatic rings. The smallest absolute Gasteiger partial charge is 0.254 e. The number of hydrogen-bond acceptors (Lipinski definition) is 3. The second-order valence-electron chi connectivity index (χ2n) is 5.92. The summed E-state index contributed by atoms with van der Waals surface area (Å²) < 4.78 is 5.95. The second kappa shape index (κ2) is 7.34. The predicted molar refractivity (Wildman–Crippen MR) is 99.4 cm³/mol. The van der Waals surface area contributed by atoms with E-state index >= 15 is 0 Å². The van der Waals surface area contributed by atoms with Gasteiger partial charge in [0.25, 0.3) is 5.91 Å². The Kier molecular flexibility index (Phi) is 4.98. The van der Waals surface area contributed by atoms with Crippen molar-refractivity contribution in [2.24, 2.45) is 0 Å². The van der Waals surface area contributed by atoms with Gasteiger partial charge in [-0.2, -0.15) is 0 Å². The third kappa shape index (κ3) is 3.48. The fourth-order valence-electron chi connectivity index (χ4n) is 2.79. The Morgan fingerprint density at radius 1 is 1.04 bits per heavy atom. The van der Waals surface area contributed by atoms with Crippen LogP contribution in [0.15, 0.2) is 59.1 Å². The molecule has 0 N–H and O–H groups in total. The lowest BCUT2D eigenvalue weighted by atomic mass is 10.1. The average molecular weight is 334 g/mol. The molecular formula is C21H22N2O2. The van der Waals surface area contributed by atoms with E-state index in [1.54, 1.807) is 11.1 Å². The Labute approximate surface area is 148 Å². The number of nitrogens with zero attached hydrogens (tertiary/aromatic N) is 2. The Balaban J connectivity index is 1.98. The third-order valence-corrected chi connectivity index (χ3v) is 4.28. The highest BCUT2D eigenvalue weighted by atomic mass is 16.4. The van der Waals surface area contributed by atoms with Crippen LogP contribution in [0.5, 0.6) is 0 Å². The van der Waals surface area contributed by atoms with Crippen LogP contribution in [-0.2, 0) is 0 Å². The number of carbonyl (C=O) groups is 1. The highest BCUT2D eigenvalue weighted by Gasteiger charge is 2.20. The Morgan fingerprint density at radius 3 is 2.40 bits per heavy atom. The molecule has 0 atom stereocenters. The van der Waals surface area contributed by atoms with Crippen LogP contribution < -0.4 is 0 Å². The van der Waals surface area contributed by atoms with Gasteiger partial charge in [0.1, 0.15) is 0 Å². The molecule has 4 heteroatoms. The minimum Gasteiger partial charge on any atom is -0.436 e. The van der Waals surface area contributed by atoms with Gasteiger partial charge >= 0.3 is 0 Å². The quantitative estimate of drug-likeness (QED) is 0.673. The zero-order valence-corrected chi connectivity index (χ0v) is 14.8. The molecule has 0 aliphatic heterocycles. The molecule has 0 unspecified atom stereocenters. The van der Waals surface area contributed by atoms with Gasteiger partial charge < -0.3 is 9.32 Å². The van der Waals surface area contributed by atoms with E-state index in [1.807, 2.05) is 69.3 Å². The summed E-state index contributed by atoms with van der Waals surface area (Å²) >= 11 is 0. The molecule has 0 fully saturated rings. The summed E-state index contributed by atoms with van der Waals surface area (Å²) in [4.78, 5) is 19.0. The zero-order chi connectivity index (χ0) is 17.8. The average Bonchev–Trinajstić information content (AvgIpc) is 3.13. The Morgan fingerprint density at radius 2 is 1.72 bits per heavy atom. The van der Waals surface area contributed by atoms with Crippen molar-refractivity contribution < 1.29 is 9.21 Å². The minimum absolute atomic E-state index is 0.00399. The second-order valence-corrected chi connectivity index (χ2v) is 5.92. The van der Waals surface area contributed by atoms with Crippen molar-refractivity contribution in [1.29, 1.82) is 0 Å². The lowest BCUT2D eigenvalue weighted by Gasteiger charge is -2.19. The number of aryl methyl sites for hydroxylation is 1. The molecule has 3 aromatic rings. The topological polar surface area (TPSA) is 46.3 Å². The van der Waals surface area contributed by atoms with Gasteiger partial charge in [0.15, 0.2) is 5.76 Å². The van der Waals surface area contributed by atoms with E-state index in [2.05, 4.69) is 4.98 Å². The van der Waals surface area contributed by atoms with E-state index in [9.17, 15) is 4.79 Å². The lowest BCUT2D eigenvalue weighted by molar-refractivity contribution is 0.0773. The SMILES string of the molecule is CCN(CC)C(=O)c1ccccc1-c1ncc(-c2ccc(C)cc2)o1. The van der Waals surface area contributed by atoms with Gasteiger partial charge in [0.05, 0.1) is 11.8 Å². The first kappa shape index (κ1) is 17.0. The summed E-state index contributed by atoms with van der Waals surface area (Å²) in [5, 5.41) is 0. The van der Waals surface area contributed by atoms with E-state index in [-0.39, 0.29) is 5.91 Å². The maximum Gasteiger partial charge on any atom is 0.254 e. The number of oxazole rings is 1. The summed E-state index contributed by atoms with van der Waals surface area (Å²) in [5.41, 5.74) is 3.50. The molecule has 1 heterocycles. The maximum absolute atomic E-state index is 12.8. The lowest BCUT2D eigenvalue weighted by Crippen LogP contribution is -2.30. The van der Waals surface area contributed by atoms with Crippen molar-refractivity contribution in [1.82, 2.24) is 9.88 Å². The Bertz CT molecular complexity index is 862. The minimum atomic E-state index is -0.00399. The number of aromatic nitrogens is 1. The highest BCUT2D eigenvalue weighted by molar-refractivity contribution is 6.00. The molecule has 4 nitrogen and oxygen atoms in total. The zero-order valence-electron chi connectivity index (χ0n) is 14.8. The molecule has 25 heavy (non-hydrogen) atoms. The van der Waals surface area contributed by atoms with Gasteiger partial charge in [0, 0.05) is 24.2 Å². The molecule has 3 rings (SSSR count). The first-order valence-electron chi connectivity index (χ1n) is 8.55. The highest BCUT2D eigenvalue weighted by Crippen LogP contribution is 2.29. The molecule has 1 amide bonds. The van der Waals surface area contributed by atoms with Crippen LogP contribution in [0.1, 0.15) is 29.8 Å². The van der Waals surface area contributed by atoms with E-state index in [0.717, 1.165) is 11.1 Å². The number of benzene rings is 2. The first-order chi connectivity index (χ1) is 12.1. The summed E-state index contributed by atoms with van der Waals surface area (Å²) in [6.45, 7) is 7.34.